The van der Waals surface area contributed by atoms with E-state index in [0.717, 1.165) is 23.2 Å². The van der Waals surface area contributed by atoms with E-state index in [2.05, 4.69) is 22.4 Å². The number of benzene rings is 1. The first-order valence-electron chi connectivity index (χ1n) is 5.37. The lowest BCUT2D eigenvalue weighted by Gasteiger charge is -2.05. The van der Waals surface area contributed by atoms with Crippen LogP contribution in [0.4, 0.5) is 0 Å². The van der Waals surface area contributed by atoms with Gasteiger partial charge in [0.25, 0.3) is 0 Å². The Labute approximate surface area is 103 Å². The molecule has 1 aromatic heterocycles. The largest absolute Gasteiger partial charge is 0.369 e. The predicted octanol–water partition coefficient (Wildman–Crippen LogP) is 1.54. The summed E-state index contributed by atoms with van der Waals surface area (Å²) in [5.74, 6) is 0.875. The van der Waals surface area contributed by atoms with E-state index >= 15 is 0 Å². The molecule has 1 saturated heterocycles. The quantitative estimate of drug-likeness (QED) is 0.607. The Hall–Kier alpha value is -1.40. The maximum Gasteiger partial charge on any atom is 0.214 e. The summed E-state index contributed by atoms with van der Waals surface area (Å²) in [4.78, 5) is 0. The average Bonchev–Trinajstić information content (AvgIpc) is 2.93. The molecule has 2 aromatic rings. The standard InChI is InChI=1S/C11H12N4OS/c1-11(7-16-11)8-17-10-12-13-14-15(10)9-5-3-2-4-6-9/h2-6H,7-8H2,1H3. The number of ether oxygens (including phenoxy) is 1. The van der Waals surface area contributed by atoms with Crippen LogP contribution in [0.1, 0.15) is 6.92 Å². The first-order chi connectivity index (χ1) is 8.27. The normalized spacial score (nSPS) is 22.6. The summed E-state index contributed by atoms with van der Waals surface area (Å²) in [5, 5.41) is 12.6. The molecule has 1 unspecified atom stereocenters. The number of epoxide rings is 1. The molecule has 5 nitrogen and oxygen atoms in total. The lowest BCUT2D eigenvalue weighted by Crippen LogP contribution is -2.09. The van der Waals surface area contributed by atoms with Crippen LogP contribution in [0, 0.1) is 0 Å². The molecule has 3 rings (SSSR count). The molecule has 2 heterocycles. The fourth-order valence-corrected chi connectivity index (χ4v) is 2.38. The van der Waals surface area contributed by atoms with Crippen LogP contribution in [-0.4, -0.2) is 38.2 Å². The van der Waals surface area contributed by atoms with Crippen molar-refractivity contribution in [2.75, 3.05) is 12.4 Å². The van der Waals surface area contributed by atoms with Crippen molar-refractivity contribution in [1.82, 2.24) is 20.2 Å². The number of aromatic nitrogens is 4. The van der Waals surface area contributed by atoms with E-state index < -0.39 is 0 Å². The van der Waals surface area contributed by atoms with Gasteiger partial charge in [0.1, 0.15) is 0 Å². The molecule has 1 aliphatic heterocycles. The van der Waals surface area contributed by atoms with Crippen LogP contribution < -0.4 is 0 Å². The molecule has 88 valence electrons. The zero-order valence-electron chi connectivity index (χ0n) is 9.41. The molecule has 0 aliphatic carbocycles. The smallest absolute Gasteiger partial charge is 0.214 e. The number of nitrogens with zero attached hydrogens (tertiary/aromatic N) is 4. The van der Waals surface area contributed by atoms with Gasteiger partial charge in [-0.1, -0.05) is 30.0 Å². The topological polar surface area (TPSA) is 56.1 Å². The molecule has 1 fully saturated rings. The molecule has 1 aliphatic rings. The molecule has 0 spiro atoms. The van der Waals surface area contributed by atoms with Gasteiger partial charge < -0.3 is 4.74 Å². The second-order valence-electron chi connectivity index (χ2n) is 4.24. The van der Waals surface area contributed by atoms with Crippen LogP contribution in [0.15, 0.2) is 35.5 Å². The van der Waals surface area contributed by atoms with Crippen molar-refractivity contribution >= 4 is 11.8 Å². The summed E-state index contributed by atoms with van der Waals surface area (Å²) < 4.78 is 7.09. The van der Waals surface area contributed by atoms with Gasteiger partial charge in [-0.3, -0.25) is 0 Å². The van der Waals surface area contributed by atoms with Crippen molar-refractivity contribution in [3.8, 4) is 5.69 Å². The minimum absolute atomic E-state index is 0.0120. The Morgan fingerprint density at radius 1 is 1.41 bits per heavy atom. The number of para-hydroxylation sites is 1. The van der Waals surface area contributed by atoms with Gasteiger partial charge in [0.15, 0.2) is 0 Å². The van der Waals surface area contributed by atoms with Crippen LogP contribution in [0.5, 0.6) is 0 Å². The minimum atomic E-state index is 0.0120. The summed E-state index contributed by atoms with van der Waals surface area (Å²) in [6.45, 7) is 2.92. The first kappa shape index (κ1) is 10.7. The highest BCUT2D eigenvalue weighted by Gasteiger charge is 2.39. The fourth-order valence-electron chi connectivity index (χ4n) is 1.42. The van der Waals surface area contributed by atoms with Crippen molar-refractivity contribution in [2.24, 2.45) is 0 Å². The van der Waals surface area contributed by atoms with Crippen LogP contribution in [-0.2, 0) is 4.74 Å². The average molecular weight is 248 g/mol. The van der Waals surface area contributed by atoms with E-state index in [-0.39, 0.29) is 5.60 Å². The van der Waals surface area contributed by atoms with E-state index in [9.17, 15) is 0 Å². The van der Waals surface area contributed by atoms with Gasteiger partial charge in [0, 0.05) is 5.75 Å². The number of hydrogen-bond donors (Lipinski definition) is 0. The number of hydrogen-bond acceptors (Lipinski definition) is 5. The van der Waals surface area contributed by atoms with E-state index in [4.69, 9.17) is 4.74 Å². The third kappa shape index (κ3) is 2.32. The van der Waals surface area contributed by atoms with Crippen molar-refractivity contribution < 1.29 is 4.74 Å². The van der Waals surface area contributed by atoms with Crippen LogP contribution in [0.25, 0.3) is 5.69 Å². The fraction of sp³-hybridized carbons (Fsp3) is 0.364. The molecule has 6 heteroatoms. The molecule has 0 bridgehead atoms. The first-order valence-corrected chi connectivity index (χ1v) is 6.36. The van der Waals surface area contributed by atoms with E-state index in [0.29, 0.717) is 0 Å². The molecule has 17 heavy (non-hydrogen) atoms. The van der Waals surface area contributed by atoms with Crippen molar-refractivity contribution in [3.63, 3.8) is 0 Å². The van der Waals surface area contributed by atoms with Gasteiger partial charge >= 0.3 is 0 Å². The van der Waals surface area contributed by atoms with Gasteiger partial charge in [-0.05, 0) is 29.5 Å². The zero-order valence-corrected chi connectivity index (χ0v) is 10.2. The predicted molar refractivity (Wildman–Crippen MR) is 64.2 cm³/mol. The molecule has 1 atom stereocenters. The molecular weight excluding hydrogens is 236 g/mol. The van der Waals surface area contributed by atoms with Gasteiger partial charge in [-0.25, -0.2) is 0 Å². The Balaban J connectivity index is 1.79. The Bertz CT molecular complexity index is 509. The number of tetrazole rings is 1. The van der Waals surface area contributed by atoms with Crippen LogP contribution in [0.2, 0.25) is 0 Å². The Kier molecular flexibility index (Phi) is 2.60. The maximum atomic E-state index is 5.34. The zero-order chi connectivity index (χ0) is 11.7. The van der Waals surface area contributed by atoms with Gasteiger partial charge in [0.05, 0.1) is 17.9 Å². The molecule has 0 N–H and O–H groups in total. The lowest BCUT2D eigenvalue weighted by molar-refractivity contribution is 0.348. The highest BCUT2D eigenvalue weighted by Crippen LogP contribution is 2.32. The van der Waals surface area contributed by atoms with Crippen LogP contribution >= 0.6 is 11.8 Å². The van der Waals surface area contributed by atoms with E-state index in [1.807, 2.05) is 30.3 Å². The highest BCUT2D eigenvalue weighted by atomic mass is 32.2. The number of rotatable bonds is 4. The van der Waals surface area contributed by atoms with E-state index in [1.165, 1.54) is 0 Å². The SMILES string of the molecule is CC1(CSc2nnnn2-c2ccccc2)CO1. The maximum absolute atomic E-state index is 5.34. The summed E-state index contributed by atoms with van der Waals surface area (Å²) in [7, 11) is 0. The monoisotopic (exact) mass is 248 g/mol. The third-order valence-electron chi connectivity index (χ3n) is 2.59. The van der Waals surface area contributed by atoms with Gasteiger partial charge in [-0.2, -0.15) is 4.68 Å². The summed E-state index contributed by atoms with van der Waals surface area (Å²) in [6, 6.07) is 9.87. The molecule has 0 amide bonds. The summed E-state index contributed by atoms with van der Waals surface area (Å²) in [5.41, 5.74) is 0.986. The molecule has 0 saturated carbocycles. The van der Waals surface area contributed by atoms with Crippen molar-refractivity contribution in [1.29, 1.82) is 0 Å². The Morgan fingerprint density at radius 3 is 2.88 bits per heavy atom. The lowest BCUT2D eigenvalue weighted by atomic mass is 10.3. The van der Waals surface area contributed by atoms with Gasteiger partial charge in [0.2, 0.25) is 5.16 Å². The number of thioether (sulfide) groups is 1. The van der Waals surface area contributed by atoms with Crippen molar-refractivity contribution in [2.45, 2.75) is 17.7 Å². The van der Waals surface area contributed by atoms with Crippen LogP contribution in [0.3, 0.4) is 0 Å². The second kappa shape index (κ2) is 4.12. The van der Waals surface area contributed by atoms with Gasteiger partial charge in [-0.15, -0.1) is 5.10 Å². The summed E-state index contributed by atoms with van der Waals surface area (Å²) in [6.07, 6.45) is 0. The third-order valence-corrected chi connectivity index (χ3v) is 3.85. The van der Waals surface area contributed by atoms with Crippen molar-refractivity contribution in [3.05, 3.63) is 30.3 Å². The van der Waals surface area contributed by atoms with E-state index in [1.54, 1.807) is 16.4 Å². The molecular formula is C11H12N4OS. The second-order valence-corrected chi connectivity index (χ2v) is 5.18. The molecule has 0 radical (unpaired) electrons. The molecule has 1 aromatic carbocycles. The minimum Gasteiger partial charge on any atom is -0.369 e. The highest BCUT2D eigenvalue weighted by molar-refractivity contribution is 7.99. The summed E-state index contributed by atoms with van der Waals surface area (Å²) >= 11 is 1.62. The Morgan fingerprint density at radius 2 is 2.18 bits per heavy atom.